The van der Waals surface area contributed by atoms with Crippen molar-refractivity contribution in [2.24, 2.45) is 0 Å². The van der Waals surface area contributed by atoms with Gasteiger partial charge in [-0.3, -0.25) is 4.79 Å². The molecule has 3 aromatic rings. The Morgan fingerprint density at radius 1 is 1.14 bits per heavy atom. The third-order valence-electron chi connectivity index (χ3n) is 4.28. The molecule has 3 rings (SSSR count). The first-order valence-electron chi connectivity index (χ1n) is 9.04. The number of amides is 3. The van der Waals surface area contributed by atoms with Crippen molar-refractivity contribution in [2.45, 2.75) is 20.4 Å². The molecule has 28 heavy (non-hydrogen) atoms. The number of aromatic nitrogens is 2. The van der Waals surface area contributed by atoms with Gasteiger partial charge in [0.2, 0.25) is 0 Å². The van der Waals surface area contributed by atoms with E-state index in [2.05, 4.69) is 20.9 Å². The molecule has 3 N–H and O–H groups in total. The molecule has 0 aliphatic heterocycles. The number of anilines is 1. The highest BCUT2D eigenvalue weighted by Gasteiger charge is 2.13. The van der Waals surface area contributed by atoms with Gasteiger partial charge in [-0.2, -0.15) is 0 Å². The molecule has 1 heterocycles. The minimum absolute atomic E-state index is 0.130. The summed E-state index contributed by atoms with van der Waals surface area (Å²) < 4.78 is 15.7. The summed E-state index contributed by atoms with van der Waals surface area (Å²) in [6.07, 6.45) is 0. The molecule has 0 fully saturated rings. The highest BCUT2D eigenvalue weighted by Crippen LogP contribution is 2.19. The fraction of sp³-hybridized carbons (Fsp3) is 0.250. The maximum absolute atomic E-state index is 13.7. The van der Waals surface area contributed by atoms with E-state index in [1.807, 2.05) is 18.4 Å². The van der Waals surface area contributed by atoms with Crippen molar-refractivity contribution in [3.63, 3.8) is 0 Å². The number of carbonyl (C=O) groups is 2. The number of halogens is 1. The van der Waals surface area contributed by atoms with Gasteiger partial charge in [-0.15, -0.1) is 0 Å². The number of nitrogens with zero attached hydrogens (tertiary/aromatic N) is 2. The molecule has 0 saturated carbocycles. The van der Waals surface area contributed by atoms with Crippen LogP contribution >= 0.6 is 0 Å². The van der Waals surface area contributed by atoms with Crippen molar-refractivity contribution in [2.75, 3.05) is 18.4 Å². The Hall–Kier alpha value is -3.42. The van der Waals surface area contributed by atoms with E-state index < -0.39 is 11.7 Å². The van der Waals surface area contributed by atoms with Gasteiger partial charge in [-0.1, -0.05) is 12.1 Å². The molecular weight excluding hydrogens is 361 g/mol. The molecular formula is C20H22FN5O2. The van der Waals surface area contributed by atoms with Gasteiger partial charge in [-0.25, -0.2) is 14.2 Å². The molecule has 7 nitrogen and oxygen atoms in total. The second-order valence-electron chi connectivity index (χ2n) is 6.23. The zero-order chi connectivity index (χ0) is 20.1. The van der Waals surface area contributed by atoms with Gasteiger partial charge in [-0.05, 0) is 44.2 Å². The molecule has 0 unspecified atom stereocenters. The monoisotopic (exact) mass is 383 g/mol. The Labute approximate surface area is 162 Å². The zero-order valence-corrected chi connectivity index (χ0v) is 15.8. The van der Waals surface area contributed by atoms with Gasteiger partial charge >= 0.3 is 6.03 Å². The lowest BCUT2D eigenvalue weighted by molar-refractivity contribution is 0.102. The van der Waals surface area contributed by atoms with Gasteiger partial charge in [0.15, 0.2) is 0 Å². The quantitative estimate of drug-likeness (QED) is 0.611. The van der Waals surface area contributed by atoms with E-state index >= 15 is 0 Å². The van der Waals surface area contributed by atoms with Gasteiger partial charge in [0.05, 0.1) is 16.7 Å². The van der Waals surface area contributed by atoms with Crippen LogP contribution in [0.2, 0.25) is 0 Å². The van der Waals surface area contributed by atoms with E-state index in [9.17, 15) is 14.0 Å². The Morgan fingerprint density at radius 3 is 2.68 bits per heavy atom. The third kappa shape index (κ3) is 4.28. The molecule has 0 aliphatic rings. The fourth-order valence-corrected chi connectivity index (χ4v) is 2.94. The van der Waals surface area contributed by atoms with Crippen LogP contribution in [0.25, 0.3) is 11.0 Å². The number of hydrogen-bond acceptors (Lipinski definition) is 3. The number of nitrogens with one attached hydrogen (secondary N) is 3. The second kappa shape index (κ2) is 8.51. The van der Waals surface area contributed by atoms with Crippen molar-refractivity contribution in [3.05, 3.63) is 59.7 Å². The van der Waals surface area contributed by atoms with Crippen LogP contribution in [0.15, 0.2) is 42.5 Å². The van der Waals surface area contributed by atoms with E-state index in [-0.39, 0.29) is 11.7 Å². The lowest BCUT2D eigenvalue weighted by Gasteiger charge is -2.09. The Balaban J connectivity index is 1.74. The Morgan fingerprint density at radius 2 is 1.93 bits per heavy atom. The van der Waals surface area contributed by atoms with Crippen molar-refractivity contribution < 1.29 is 14.0 Å². The predicted molar refractivity (Wildman–Crippen MR) is 106 cm³/mol. The molecule has 1 aromatic heterocycles. The maximum Gasteiger partial charge on any atom is 0.314 e. The largest absolute Gasteiger partial charge is 0.338 e. The van der Waals surface area contributed by atoms with Gasteiger partial charge in [0.1, 0.15) is 11.6 Å². The van der Waals surface area contributed by atoms with E-state index in [1.165, 1.54) is 12.1 Å². The van der Waals surface area contributed by atoms with Crippen LogP contribution in [0.1, 0.15) is 23.1 Å². The smallest absolute Gasteiger partial charge is 0.314 e. The average Bonchev–Trinajstić information content (AvgIpc) is 2.98. The standard InChI is InChI=1S/C20H22FN5O2/c1-3-22-20(28)23-10-11-26-13(2)24-17-12-14(8-9-18(17)26)19(27)25-16-7-5-4-6-15(16)21/h4-9,12H,3,10-11H2,1-2H3,(H,25,27)(H2,22,23,28). The first-order chi connectivity index (χ1) is 13.5. The lowest BCUT2D eigenvalue weighted by atomic mass is 10.1. The molecule has 3 amide bonds. The zero-order valence-electron chi connectivity index (χ0n) is 15.8. The normalized spacial score (nSPS) is 10.7. The Kier molecular flexibility index (Phi) is 5.88. The molecule has 0 spiro atoms. The summed E-state index contributed by atoms with van der Waals surface area (Å²) >= 11 is 0. The SMILES string of the molecule is CCNC(=O)NCCn1c(C)nc2cc(C(=O)Nc3ccccc3F)ccc21. The summed E-state index contributed by atoms with van der Waals surface area (Å²) in [5.74, 6) is -0.117. The van der Waals surface area contributed by atoms with Crippen LogP contribution in [0, 0.1) is 12.7 Å². The lowest BCUT2D eigenvalue weighted by Crippen LogP contribution is -2.37. The summed E-state index contributed by atoms with van der Waals surface area (Å²) in [6.45, 7) is 5.29. The predicted octanol–water partition coefficient (Wildman–Crippen LogP) is 3.06. The summed E-state index contributed by atoms with van der Waals surface area (Å²) in [5, 5.41) is 8.02. The number of benzene rings is 2. The van der Waals surface area contributed by atoms with Crippen molar-refractivity contribution in [3.8, 4) is 0 Å². The van der Waals surface area contributed by atoms with Gasteiger partial charge < -0.3 is 20.5 Å². The van der Waals surface area contributed by atoms with Crippen LogP contribution in [-0.4, -0.2) is 34.6 Å². The molecule has 2 aromatic carbocycles. The first-order valence-corrected chi connectivity index (χ1v) is 9.04. The average molecular weight is 383 g/mol. The van der Waals surface area contributed by atoms with Crippen molar-refractivity contribution in [1.82, 2.24) is 20.2 Å². The number of para-hydroxylation sites is 1. The summed E-state index contributed by atoms with van der Waals surface area (Å²) in [7, 11) is 0. The maximum atomic E-state index is 13.7. The minimum atomic E-state index is -0.489. The van der Waals surface area contributed by atoms with E-state index in [4.69, 9.17) is 0 Å². The number of carbonyl (C=O) groups excluding carboxylic acids is 2. The molecule has 0 aliphatic carbocycles. The number of aryl methyl sites for hydroxylation is 1. The number of imidazole rings is 1. The van der Waals surface area contributed by atoms with E-state index in [1.54, 1.807) is 30.3 Å². The number of fused-ring (bicyclic) bond motifs is 1. The van der Waals surface area contributed by atoms with Gasteiger partial charge in [0.25, 0.3) is 5.91 Å². The molecule has 146 valence electrons. The molecule has 0 atom stereocenters. The van der Waals surface area contributed by atoms with Gasteiger partial charge in [0, 0.05) is 25.2 Å². The van der Waals surface area contributed by atoms with Crippen LogP contribution in [-0.2, 0) is 6.54 Å². The molecule has 0 saturated heterocycles. The highest BCUT2D eigenvalue weighted by atomic mass is 19.1. The molecule has 8 heteroatoms. The van der Waals surface area contributed by atoms with E-state index in [0.717, 1.165) is 11.3 Å². The Bertz CT molecular complexity index is 1010. The topological polar surface area (TPSA) is 88.1 Å². The van der Waals surface area contributed by atoms with Crippen LogP contribution in [0.4, 0.5) is 14.9 Å². The van der Waals surface area contributed by atoms with Crippen LogP contribution in [0.3, 0.4) is 0 Å². The van der Waals surface area contributed by atoms with Crippen molar-refractivity contribution in [1.29, 1.82) is 0 Å². The van der Waals surface area contributed by atoms with Crippen molar-refractivity contribution >= 4 is 28.7 Å². The summed E-state index contributed by atoms with van der Waals surface area (Å²) in [4.78, 5) is 28.4. The van der Waals surface area contributed by atoms with Crippen LogP contribution in [0.5, 0.6) is 0 Å². The van der Waals surface area contributed by atoms with E-state index in [0.29, 0.717) is 30.7 Å². The summed E-state index contributed by atoms with van der Waals surface area (Å²) in [5.41, 5.74) is 2.04. The third-order valence-corrected chi connectivity index (χ3v) is 4.28. The summed E-state index contributed by atoms with van der Waals surface area (Å²) in [6, 6.07) is 11.0. The first kappa shape index (κ1) is 19.3. The minimum Gasteiger partial charge on any atom is -0.338 e. The number of urea groups is 1. The molecule has 0 radical (unpaired) electrons. The highest BCUT2D eigenvalue weighted by molar-refractivity contribution is 6.06. The number of rotatable bonds is 6. The molecule has 0 bridgehead atoms. The fourth-order valence-electron chi connectivity index (χ4n) is 2.94. The second-order valence-corrected chi connectivity index (χ2v) is 6.23. The number of hydrogen-bond donors (Lipinski definition) is 3. The van der Waals surface area contributed by atoms with Crippen LogP contribution < -0.4 is 16.0 Å².